The first-order valence-electron chi connectivity index (χ1n) is 4.46. The highest BCUT2D eigenvalue weighted by Crippen LogP contribution is 2.26. The molecular weight excluding hydrogens is 250 g/mol. The van der Waals surface area contributed by atoms with Crippen LogP contribution in [-0.4, -0.2) is 20.6 Å². The van der Waals surface area contributed by atoms with Crippen molar-refractivity contribution in [1.82, 2.24) is 0 Å². The normalized spacial score (nSPS) is 15.4. The van der Waals surface area contributed by atoms with Crippen molar-refractivity contribution in [3.05, 3.63) is 22.4 Å². The van der Waals surface area contributed by atoms with E-state index in [4.69, 9.17) is 5.73 Å². The highest BCUT2D eigenvalue weighted by atomic mass is 32.2. The Hall–Kier alpha value is -0.920. The lowest BCUT2D eigenvalue weighted by Crippen LogP contribution is -2.35. The number of rotatable bonds is 4. The topological polar surface area (TPSA) is 86.5 Å². The second-order valence-electron chi connectivity index (χ2n) is 3.73. The van der Waals surface area contributed by atoms with Gasteiger partial charge in [0.15, 0.2) is 0 Å². The quantitative estimate of drug-likeness (QED) is 0.812. The number of nitrogens with two attached hydrogens (primary N) is 1. The second-order valence-corrected chi connectivity index (χ2v) is 6.25. The van der Waals surface area contributed by atoms with Gasteiger partial charge >= 0.3 is 16.1 Å². The fourth-order valence-corrected chi connectivity index (χ4v) is 2.39. The third kappa shape index (κ3) is 3.92. The Morgan fingerprint density at radius 2 is 2.25 bits per heavy atom. The third-order valence-electron chi connectivity index (χ3n) is 1.84. The third-order valence-corrected chi connectivity index (χ3v) is 3.48. The molecule has 1 atom stereocenters. The van der Waals surface area contributed by atoms with Gasteiger partial charge in [-0.15, -0.1) is 11.3 Å². The Morgan fingerprint density at radius 1 is 1.62 bits per heavy atom. The summed E-state index contributed by atoms with van der Waals surface area (Å²) in [6.07, 6.45) is 0.643. The van der Waals surface area contributed by atoms with Crippen molar-refractivity contribution < 1.29 is 17.4 Å². The molecule has 90 valence electrons. The van der Waals surface area contributed by atoms with Gasteiger partial charge in [-0.2, -0.15) is 8.42 Å². The molecule has 0 aliphatic carbocycles. The lowest BCUT2D eigenvalue weighted by Gasteiger charge is -2.21. The standard InChI is InChI=1S/C9H13NO4S2/c1-9(10,7-4-3-5-15-7)6-8(11)14-16(2,12)13/h3-5H,6,10H2,1-2H3/t9-/m1/s1. The molecule has 5 nitrogen and oxygen atoms in total. The molecule has 1 aromatic rings. The van der Waals surface area contributed by atoms with E-state index in [-0.39, 0.29) is 6.42 Å². The van der Waals surface area contributed by atoms with Gasteiger partial charge in [-0.1, -0.05) is 6.07 Å². The number of hydrogen-bond donors (Lipinski definition) is 1. The fourth-order valence-electron chi connectivity index (χ4n) is 1.19. The Labute approximate surface area is 98.3 Å². The van der Waals surface area contributed by atoms with Crippen LogP contribution >= 0.6 is 11.3 Å². The lowest BCUT2D eigenvalue weighted by molar-refractivity contribution is -0.135. The van der Waals surface area contributed by atoms with E-state index in [0.717, 1.165) is 11.1 Å². The maximum Gasteiger partial charge on any atom is 0.324 e. The first kappa shape index (κ1) is 13.1. The predicted octanol–water partition coefficient (Wildman–Crippen LogP) is 0.815. The van der Waals surface area contributed by atoms with Gasteiger partial charge in [0.2, 0.25) is 0 Å². The Kier molecular flexibility index (Phi) is 3.72. The Bertz CT molecular complexity index is 462. The van der Waals surface area contributed by atoms with Crippen molar-refractivity contribution >= 4 is 27.4 Å². The maximum atomic E-state index is 11.3. The van der Waals surface area contributed by atoms with Gasteiger partial charge in [-0.05, 0) is 18.4 Å². The molecule has 16 heavy (non-hydrogen) atoms. The highest BCUT2D eigenvalue weighted by Gasteiger charge is 2.28. The van der Waals surface area contributed by atoms with Crippen molar-refractivity contribution in [2.45, 2.75) is 18.9 Å². The number of hydrogen-bond acceptors (Lipinski definition) is 6. The van der Waals surface area contributed by atoms with Gasteiger partial charge in [0.05, 0.1) is 18.2 Å². The molecule has 0 fully saturated rings. The summed E-state index contributed by atoms with van der Waals surface area (Å²) in [4.78, 5) is 12.1. The van der Waals surface area contributed by atoms with E-state index in [1.807, 2.05) is 11.4 Å². The zero-order chi connectivity index (χ0) is 12.4. The van der Waals surface area contributed by atoms with Crippen LogP contribution in [0.4, 0.5) is 0 Å². The first-order valence-corrected chi connectivity index (χ1v) is 7.15. The molecule has 1 rings (SSSR count). The van der Waals surface area contributed by atoms with Gasteiger partial charge in [0, 0.05) is 4.88 Å². The summed E-state index contributed by atoms with van der Waals surface area (Å²) in [5.41, 5.74) is 5.01. The Balaban J connectivity index is 2.71. The van der Waals surface area contributed by atoms with Crippen LogP contribution in [0.25, 0.3) is 0 Å². The Morgan fingerprint density at radius 3 is 2.69 bits per heavy atom. The average Bonchev–Trinajstić information content (AvgIpc) is 2.49. The average molecular weight is 263 g/mol. The minimum absolute atomic E-state index is 0.180. The van der Waals surface area contributed by atoms with Crippen LogP contribution in [0.3, 0.4) is 0 Å². The summed E-state index contributed by atoms with van der Waals surface area (Å²) < 4.78 is 25.7. The van der Waals surface area contributed by atoms with Crippen LogP contribution in [0, 0.1) is 0 Å². The summed E-state index contributed by atoms with van der Waals surface area (Å²) in [5, 5.41) is 1.84. The van der Waals surface area contributed by atoms with E-state index in [9.17, 15) is 13.2 Å². The van der Waals surface area contributed by atoms with Gasteiger partial charge in [-0.3, -0.25) is 4.79 Å². The molecule has 0 amide bonds. The van der Waals surface area contributed by atoms with Gasteiger partial charge in [0.25, 0.3) is 0 Å². The molecule has 0 aliphatic heterocycles. The van der Waals surface area contributed by atoms with E-state index in [2.05, 4.69) is 4.18 Å². The summed E-state index contributed by atoms with van der Waals surface area (Å²) in [6, 6.07) is 3.60. The van der Waals surface area contributed by atoms with Crippen LogP contribution < -0.4 is 5.73 Å². The minimum atomic E-state index is -3.77. The minimum Gasteiger partial charge on any atom is -0.346 e. The number of carbonyl (C=O) groups excluding carboxylic acids is 1. The molecule has 0 saturated carbocycles. The van der Waals surface area contributed by atoms with Crippen molar-refractivity contribution in [3.8, 4) is 0 Å². The van der Waals surface area contributed by atoms with Crippen LogP contribution in [0.15, 0.2) is 17.5 Å². The smallest absolute Gasteiger partial charge is 0.324 e. The van der Waals surface area contributed by atoms with E-state index < -0.39 is 21.6 Å². The number of thiophene rings is 1. The zero-order valence-corrected chi connectivity index (χ0v) is 10.6. The monoisotopic (exact) mass is 263 g/mol. The summed E-state index contributed by atoms with van der Waals surface area (Å²) in [7, 11) is -3.77. The molecule has 1 heterocycles. The molecule has 0 aromatic carbocycles. The van der Waals surface area contributed by atoms with Gasteiger partial charge < -0.3 is 9.92 Å². The highest BCUT2D eigenvalue weighted by molar-refractivity contribution is 7.86. The van der Waals surface area contributed by atoms with Gasteiger partial charge in [-0.25, -0.2) is 0 Å². The van der Waals surface area contributed by atoms with Crippen LogP contribution in [0.5, 0.6) is 0 Å². The van der Waals surface area contributed by atoms with Crippen molar-refractivity contribution in [1.29, 1.82) is 0 Å². The van der Waals surface area contributed by atoms with E-state index in [0.29, 0.717) is 0 Å². The van der Waals surface area contributed by atoms with Crippen LogP contribution in [-0.2, 0) is 24.6 Å². The lowest BCUT2D eigenvalue weighted by atomic mass is 9.97. The van der Waals surface area contributed by atoms with Crippen molar-refractivity contribution in [2.24, 2.45) is 5.73 Å². The first-order chi connectivity index (χ1) is 7.21. The molecule has 0 unspecified atom stereocenters. The van der Waals surface area contributed by atoms with E-state index in [1.54, 1.807) is 13.0 Å². The van der Waals surface area contributed by atoms with Crippen LogP contribution in [0.2, 0.25) is 0 Å². The molecule has 0 saturated heterocycles. The molecule has 7 heteroatoms. The molecule has 0 aliphatic rings. The van der Waals surface area contributed by atoms with Crippen molar-refractivity contribution in [2.75, 3.05) is 6.26 Å². The second kappa shape index (κ2) is 4.52. The molecular formula is C9H13NO4S2. The zero-order valence-electron chi connectivity index (χ0n) is 8.97. The van der Waals surface area contributed by atoms with Crippen LogP contribution in [0.1, 0.15) is 18.2 Å². The number of carbonyl (C=O) groups is 1. The predicted molar refractivity (Wildman–Crippen MR) is 61.4 cm³/mol. The largest absolute Gasteiger partial charge is 0.346 e. The molecule has 0 radical (unpaired) electrons. The molecule has 2 N–H and O–H groups in total. The SMILES string of the molecule is C[C@@](N)(CC(=O)OS(C)(=O)=O)c1cccs1. The fraction of sp³-hybridized carbons (Fsp3) is 0.444. The van der Waals surface area contributed by atoms with Crippen molar-refractivity contribution in [3.63, 3.8) is 0 Å². The summed E-state index contributed by atoms with van der Waals surface area (Å²) in [6.45, 7) is 1.66. The van der Waals surface area contributed by atoms with Gasteiger partial charge in [0.1, 0.15) is 0 Å². The summed E-state index contributed by atoms with van der Waals surface area (Å²) in [5.74, 6) is -0.846. The molecule has 0 spiro atoms. The van der Waals surface area contributed by atoms with E-state index in [1.165, 1.54) is 11.3 Å². The maximum absolute atomic E-state index is 11.3. The summed E-state index contributed by atoms with van der Waals surface area (Å²) >= 11 is 1.41. The molecule has 1 aromatic heterocycles. The molecule has 0 bridgehead atoms. The van der Waals surface area contributed by atoms with E-state index >= 15 is 0 Å².